The van der Waals surface area contributed by atoms with Crippen molar-refractivity contribution >= 4 is 12.4 Å². The molecular formula is C13H17ClFN3. The van der Waals surface area contributed by atoms with E-state index in [-0.39, 0.29) is 18.2 Å². The molecule has 0 atom stereocenters. The summed E-state index contributed by atoms with van der Waals surface area (Å²) in [5.74, 6) is -0.259. The smallest absolute Gasteiger partial charge is 0.123 e. The molecule has 1 aromatic carbocycles. The summed E-state index contributed by atoms with van der Waals surface area (Å²) in [5, 5.41) is 4.27. The standard InChI is InChI=1S/C13H16FN3.ClH/c1-9(2)17-8-11(7-16-17)13-4-3-12(14)5-10(13)6-15;/h3-5,7-9H,6,15H2,1-2H3;1H. The molecule has 0 bridgehead atoms. The van der Waals surface area contributed by atoms with Gasteiger partial charge < -0.3 is 5.73 Å². The molecule has 0 aliphatic rings. The van der Waals surface area contributed by atoms with Crippen LogP contribution in [-0.2, 0) is 6.54 Å². The quantitative estimate of drug-likeness (QED) is 0.930. The van der Waals surface area contributed by atoms with E-state index in [1.807, 2.05) is 10.9 Å². The minimum atomic E-state index is -0.259. The van der Waals surface area contributed by atoms with Crippen LogP contribution in [0.15, 0.2) is 30.6 Å². The lowest BCUT2D eigenvalue weighted by atomic mass is 10.0. The molecule has 0 fully saturated rings. The molecule has 0 saturated heterocycles. The molecule has 5 heteroatoms. The van der Waals surface area contributed by atoms with Crippen molar-refractivity contribution in [3.05, 3.63) is 42.0 Å². The Kier molecular flexibility index (Phi) is 4.87. The zero-order valence-electron chi connectivity index (χ0n) is 10.4. The second-order valence-corrected chi connectivity index (χ2v) is 4.31. The van der Waals surface area contributed by atoms with E-state index in [4.69, 9.17) is 5.73 Å². The highest BCUT2D eigenvalue weighted by Crippen LogP contribution is 2.24. The molecule has 0 radical (unpaired) electrons. The zero-order valence-corrected chi connectivity index (χ0v) is 11.2. The Morgan fingerprint density at radius 3 is 2.67 bits per heavy atom. The topological polar surface area (TPSA) is 43.8 Å². The second kappa shape index (κ2) is 5.98. The van der Waals surface area contributed by atoms with Gasteiger partial charge in [-0.3, -0.25) is 4.68 Å². The van der Waals surface area contributed by atoms with Gasteiger partial charge in [-0.15, -0.1) is 12.4 Å². The van der Waals surface area contributed by atoms with Crippen LogP contribution in [0.2, 0.25) is 0 Å². The first kappa shape index (κ1) is 14.7. The fourth-order valence-corrected chi connectivity index (χ4v) is 1.77. The van der Waals surface area contributed by atoms with E-state index < -0.39 is 0 Å². The number of rotatable bonds is 3. The summed E-state index contributed by atoms with van der Waals surface area (Å²) >= 11 is 0. The van der Waals surface area contributed by atoms with E-state index in [1.165, 1.54) is 12.1 Å². The van der Waals surface area contributed by atoms with Crippen LogP contribution in [0.3, 0.4) is 0 Å². The Morgan fingerprint density at radius 1 is 1.39 bits per heavy atom. The normalized spacial score (nSPS) is 10.5. The highest BCUT2D eigenvalue weighted by molar-refractivity contribution is 5.85. The number of hydrogen-bond donors (Lipinski definition) is 1. The predicted octanol–water partition coefficient (Wildman–Crippen LogP) is 3.15. The molecule has 98 valence electrons. The van der Waals surface area contributed by atoms with E-state index in [0.717, 1.165) is 16.7 Å². The Labute approximate surface area is 112 Å². The Bertz CT molecular complexity index is 523. The van der Waals surface area contributed by atoms with Gasteiger partial charge in [0, 0.05) is 24.3 Å². The van der Waals surface area contributed by atoms with Crippen LogP contribution in [0.1, 0.15) is 25.5 Å². The minimum Gasteiger partial charge on any atom is -0.326 e. The minimum absolute atomic E-state index is 0. The summed E-state index contributed by atoms with van der Waals surface area (Å²) in [6.07, 6.45) is 3.74. The molecule has 0 aliphatic carbocycles. The van der Waals surface area contributed by atoms with Gasteiger partial charge in [0.2, 0.25) is 0 Å². The maximum absolute atomic E-state index is 13.1. The van der Waals surface area contributed by atoms with Crippen LogP contribution < -0.4 is 5.73 Å². The molecule has 1 aromatic heterocycles. The van der Waals surface area contributed by atoms with Gasteiger partial charge in [-0.25, -0.2) is 4.39 Å². The lowest BCUT2D eigenvalue weighted by molar-refractivity contribution is 0.532. The van der Waals surface area contributed by atoms with Gasteiger partial charge in [-0.2, -0.15) is 5.10 Å². The molecule has 0 aliphatic heterocycles. The number of nitrogens with zero attached hydrogens (tertiary/aromatic N) is 2. The van der Waals surface area contributed by atoms with Crippen molar-refractivity contribution in [3.63, 3.8) is 0 Å². The number of benzene rings is 1. The van der Waals surface area contributed by atoms with Gasteiger partial charge in [-0.1, -0.05) is 6.07 Å². The van der Waals surface area contributed by atoms with Gasteiger partial charge in [0.25, 0.3) is 0 Å². The highest BCUT2D eigenvalue weighted by atomic mass is 35.5. The molecule has 0 amide bonds. The van der Waals surface area contributed by atoms with E-state index in [2.05, 4.69) is 18.9 Å². The van der Waals surface area contributed by atoms with E-state index in [9.17, 15) is 4.39 Å². The summed E-state index contributed by atoms with van der Waals surface area (Å²) in [5.41, 5.74) is 8.35. The second-order valence-electron chi connectivity index (χ2n) is 4.31. The lowest BCUT2D eigenvalue weighted by Crippen LogP contribution is -2.00. The maximum atomic E-state index is 13.1. The summed E-state index contributed by atoms with van der Waals surface area (Å²) in [4.78, 5) is 0. The Hall–Kier alpha value is -1.39. The van der Waals surface area contributed by atoms with Crippen molar-refractivity contribution in [1.82, 2.24) is 9.78 Å². The van der Waals surface area contributed by atoms with Crippen molar-refractivity contribution in [2.45, 2.75) is 26.4 Å². The number of aromatic nitrogens is 2. The van der Waals surface area contributed by atoms with Crippen LogP contribution >= 0.6 is 12.4 Å². The summed E-state index contributed by atoms with van der Waals surface area (Å²) in [6.45, 7) is 4.44. The van der Waals surface area contributed by atoms with Crippen LogP contribution in [0, 0.1) is 5.82 Å². The molecule has 0 saturated carbocycles. The fourth-order valence-electron chi connectivity index (χ4n) is 1.77. The molecule has 2 aromatic rings. The van der Waals surface area contributed by atoms with E-state index >= 15 is 0 Å². The van der Waals surface area contributed by atoms with Crippen molar-refractivity contribution in [1.29, 1.82) is 0 Å². The highest BCUT2D eigenvalue weighted by Gasteiger charge is 2.08. The molecule has 18 heavy (non-hydrogen) atoms. The third kappa shape index (κ3) is 2.89. The molecule has 3 nitrogen and oxygen atoms in total. The SMILES string of the molecule is CC(C)n1cc(-c2ccc(F)cc2CN)cn1.Cl. The molecular weight excluding hydrogens is 253 g/mol. The molecule has 2 rings (SSSR count). The van der Waals surface area contributed by atoms with E-state index in [0.29, 0.717) is 12.6 Å². The third-order valence-electron chi connectivity index (χ3n) is 2.73. The van der Waals surface area contributed by atoms with Gasteiger partial charge in [0.05, 0.1) is 6.20 Å². The zero-order chi connectivity index (χ0) is 12.4. The average Bonchev–Trinajstić information content (AvgIpc) is 2.78. The largest absolute Gasteiger partial charge is 0.326 e. The van der Waals surface area contributed by atoms with E-state index in [1.54, 1.807) is 12.3 Å². The first-order valence-corrected chi connectivity index (χ1v) is 5.65. The van der Waals surface area contributed by atoms with Gasteiger partial charge in [0.15, 0.2) is 0 Å². The monoisotopic (exact) mass is 269 g/mol. The van der Waals surface area contributed by atoms with Gasteiger partial charge in [-0.05, 0) is 37.1 Å². The van der Waals surface area contributed by atoms with Crippen molar-refractivity contribution in [2.24, 2.45) is 5.73 Å². The lowest BCUT2D eigenvalue weighted by Gasteiger charge is -2.06. The number of hydrogen-bond acceptors (Lipinski definition) is 2. The van der Waals surface area contributed by atoms with Crippen LogP contribution in [0.4, 0.5) is 4.39 Å². The van der Waals surface area contributed by atoms with Gasteiger partial charge >= 0.3 is 0 Å². The Balaban J connectivity index is 0.00000162. The fraction of sp³-hybridized carbons (Fsp3) is 0.308. The summed E-state index contributed by atoms with van der Waals surface area (Å²) < 4.78 is 15.0. The van der Waals surface area contributed by atoms with Crippen molar-refractivity contribution in [2.75, 3.05) is 0 Å². The van der Waals surface area contributed by atoms with Crippen LogP contribution in [0.25, 0.3) is 11.1 Å². The summed E-state index contributed by atoms with van der Waals surface area (Å²) in [7, 11) is 0. The predicted molar refractivity (Wildman–Crippen MR) is 73.1 cm³/mol. The molecule has 0 unspecified atom stereocenters. The average molecular weight is 270 g/mol. The number of nitrogens with two attached hydrogens (primary N) is 1. The molecule has 2 N–H and O–H groups in total. The maximum Gasteiger partial charge on any atom is 0.123 e. The third-order valence-corrected chi connectivity index (χ3v) is 2.73. The Morgan fingerprint density at radius 2 is 2.11 bits per heavy atom. The van der Waals surface area contributed by atoms with Crippen molar-refractivity contribution < 1.29 is 4.39 Å². The van der Waals surface area contributed by atoms with Crippen molar-refractivity contribution in [3.8, 4) is 11.1 Å². The van der Waals surface area contributed by atoms with Crippen LogP contribution in [0.5, 0.6) is 0 Å². The first-order valence-electron chi connectivity index (χ1n) is 5.65. The summed E-state index contributed by atoms with van der Waals surface area (Å²) in [6, 6.07) is 4.98. The molecule has 0 spiro atoms. The first-order chi connectivity index (χ1) is 8.11. The van der Waals surface area contributed by atoms with Gasteiger partial charge in [0.1, 0.15) is 5.82 Å². The number of halogens is 2. The molecule has 1 heterocycles. The van der Waals surface area contributed by atoms with Crippen LogP contribution in [-0.4, -0.2) is 9.78 Å².